The van der Waals surface area contributed by atoms with Crippen molar-refractivity contribution in [1.29, 1.82) is 0 Å². The smallest absolute Gasteiger partial charge is 0.330 e. The van der Waals surface area contributed by atoms with E-state index in [1.807, 2.05) is 84.9 Å². The number of methoxy groups -OCH3 is 1. The van der Waals surface area contributed by atoms with E-state index in [4.69, 9.17) is 14.2 Å². The van der Waals surface area contributed by atoms with E-state index in [0.717, 1.165) is 33.5 Å². The molecule has 10 nitrogen and oxygen atoms in total. The topological polar surface area (TPSA) is 143 Å². The van der Waals surface area contributed by atoms with Crippen molar-refractivity contribution in [1.82, 2.24) is 9.55 Å². The molecule has 0 aliphatic carbocycles. The minimum atomic E-state index is -1.66. The summed E-state index contributed by atoms with van der Waals surface area (Å²) in [4.78, 5) is 26.1. The van der Waals surface area contributed by atoms with Crippen LogP contribution in [0, 0.1) is 0 Å². The molecule has 5 atom stereocenters. The van der Waals surface area contributed by atoms with Crippen LogP contribution in [0.15, 0.2) is 107 Å². The second-order valence-corrected chi connectivity index (χ2v) is 9.51. The van der Waals surface area contributed by atoms with Gasteiger partial charge in [-0.25, -0.2) is 4.79 Å². The van der Waals surface area contributed by atoms with Gasteiger partial charge in [0.05, 0.1) is 13.7 Å². The summed E-state index contributed by atoms with van der Waals surface area (Å²) in [5.74, 6) is 0.663. The van der Waals surface area contributed by atoms with Crippen LogP contribution in [0.25, 0.3) is 0 Å². The fourth-order valence-corrected chi connectivity index (χ4v) is 5.05. The monoisotopic (exact) mass is 552 g/mol. The Morgan fingerprint density at radius 2 is 1.38 bits per heavy atom. The van der Waals surface area contributed by atoms with Crippen LogP contribution in [-0.4, -0.2) is 63.0 Å². The van der Waals surface area contributed by atoms with E-state index >= 15 is 0 Å². The summed E-state index contributed by atoms with van der Waals surface area (Å²) in [6.07, 6.45) is -6.23. The van der Waals surface area contributed by atoms with Crippen LogP contribution in [0.1, 0.15) is 22.9 Å². The SMILES string of the molecule is COc1ccc(C(O[13CH2][13C@H]2O[13C@@H](n3ccc(=O)[nH]c3=O)[13C@H](O)[13C@@H](O)[13C@@H]2O)(c2ccccc2)c2ccccc2)cc1. The molecule has 1 saturated heterocycles. The summed E-state index contributed by atoms with van der Waals surface area (Å²) in [6.45, 7) is -0.241. The lowest BCUT2D eigenvalue weighted by molar-refractivity contribution is -0.259. The summed E-state index contributed by atoms with van der Waals surface area (Å²) in [6, 6.07) is 27.6. The van der Waals surface area contributed by atoms with Crippen LogP contribution in [0.4, 0.5) is 0 Å². The average molecular weight is 553 g/mol. The molecule has 1 aliphatic rings. The van der Waals surface area contributed by atoms with Crippen LogP contribution in [-0.2, 0) is 15.1 Å². The Hall–Kier alpha value is -4.06. The molecule has 1 aliphatic heterocycles. The zero-order valence-electron chi connectivity index (χ0n) is 21.7. The Morgan fingerprint density at radius 1 is 0.800 bits per heavy atom. The van der Waals surface area contributed by atoms with Crippen LogP contribution in [0.5, 0.6) is 5.75 Å². The predicted octanol–water partition coefficient (Wildman–Crippen LogP) is 1.53. The van der Waals surface area contributed by atoms with Gasteiger partial charge in [-0.3, -0.25) is 14.3 Å². The third kappa shape index (κ3) is 5.10. The molecule has 0 unspecified atom stereocenters. The molecule has 0 amide bonds. The number of ether oxygens (including phenoxy) is 3. The average Bonchev–Trinajstić information content (AvgIpc) is 2.99. The van der Waals surface area contributed by atoms with E-state index in [1.54, 1.807) is 7.11 Å². The molecule has 208 valence electrons. The van der Waals surface area contributed by atoms with Gasteiger partial charge in [0.25, 0.3) is 5.56 Å². The van der Waals surface area contributed by atoms with Gasteiger partial charge in [0.2, 0.25) is 0 Å². The number of benzene rings is 3. The molecule has 40 heavy (non-hydrogen) atoms. The third-order valence-electron chi connectivity index (χ3n) is 7.13. The zero-order valence-corrected chi connectivity index (χ0v) is 21.7. The first-order valence-electron chi connectivity index (χ1n) is 12.8. The molecule has 4 N–H and O–H groups in total. The summed E-state index contributed by atoms with van der Waals surface area (Å²) in [5, 5.41) is 32.2. The standard InChI is InChI=1S/C30H30N2O8/c1-38-22-14-12-21(13-15-22)30(19-8-4-2-5-9-19,20-10-6-3-7-11-20)39-18-23-25(34)26(35)27(36)28(40-23)32-17-16-24(33)31-29(32)37/h2-17,23,25-28,34-36H,18H2,1H3,(H,31,33,37)/t23-,25-,26+,27-,28-/m1/s1/i18+1,23+1,25+1,26+1,27+1,28+1. The number of rotatable bonds is 8. The van der Waals surface area contributed by atoms with E-state index in [-0.39, 0.29) is 6.61 Å². The lowest BCUT2D eigenvalue weighted by Gasteiger charge is -2.43. The van der Waals surface area contributed by atoms with Gasteiger partial charge in [-0.1, -0.05) is 72.8 Å². The van der Waals surface area contributed by atoms with E-state index < -0.39 is 47.5 Å². The van der Waals surface area contributed by atoms with E-state index in [9.17, 15) is 24.9 Å². The first-order valence-corrected chi connectivity index (χ1v) is 12.8. The summed E-state index contributed by atoms with van der Waals surface area (Å²) in [5.41, 5.74) is -0.271. The highest BCUT2D eigenvalue weighted by Crippen LogP contribution is 2.42. The van der Waals surface area contributed by atoms with Gasteiger partial charge < -0.3 is 29.5 Å². The molecule has 2 heterocycles. The first-order chi connectivity index (χ1) is 19.3. The van der Waals surface area contributed by atoms with E-state index in [2.05, 4.69) is 4.98 Å². The second kappa shape index (κ2) is 11.6. The summed E-state index contributed by atoms with van der Waals surface area (Å²) in [7, 11) is 1.58. The Kier molecular flexibility index (Phi) is 7.97. The number of aliphatic hydroxyl groups is 3. The molecule has 3 aromatic carbocycles. The molecule has 0 bridgehead atoms. The van der Waals surface area contributed by atoms with Crippen LogP contribution >= 0.6 is 0 Å². The summed E-state index contributed by atoms with van der Waals surface area (Å²) < 4.78 is 19.0. The summed E-state index contributed by atoms with van der Waals surface area (Å²) >= 11 is 0. The lowest BCUT2D eigenvalue weighted by Crippen LogP contribution is -2.58. The Morgan fingerprint density at radius 3 is 1.93 bits per heavy atom. The number of H-pyrrole nitrogens is 1. The molecule has 0 spiro atoms. The zero-order chi connectivity index (χ0) is 28.3. The van der Waals surface area contributed by atoms with Crippen molar-refractivity contribution >= 4 is 0 Å². The van der Waals surface area contributed by atoms with Crippen molar-refractivity contribution in [2.45, 2.75) is 36.2 Å². The maximum atomic E-state index is 12.4. The fraction of sp³-hybridized carbons (Fsp3) is 0.267. The molecule has 10 heteroatoms. The number of hydrogen-bond acceptors (Lipinski definition) is 8. The molecule has 0 radical (unpaired) electrons. The van der Waals surface area contributed by atoms with Gasteiger partial charge in [-0.15, -0.1) is 0 Å². The quantitative estimate of drug-likeness (QED) is 0.190. The third-order valence-corrected chi connectivity index (χ3v) is 7.13. The van der Waals surface area contributed by atoms with Gasteiger partial charge in [-0.05, 0) is 28.8 Å². The minimum Gasteiger partial charge on any atom is -0.497 e. The molecule has 4 aromatic rings. The van der Waals surface area contributed by atoms with Crippen LogP contribution in [0.2, 0.25) is 0 Å². The minimum absolute atomic E-state index is 0.241. The number of aliphatic hydroxyl groups excluding tert-OH is 3. The first kappa shape index (κ1) is 27.5. The van der Waals surface area contributed by atoms with E-state index in [0.29, 0.717) is 5.75 Å². The molecule has 1 fully saturated rings. The molecule has 1 aromatic heterocycles. The molecular formula is C30H30N2O8. The Labute approximate surface area is 229 Å². The van der Waals surface area contributed by atoms with Gasteiger partial charge >= 0.3 is 5.69 Å². The van der Waals surface area contributed by atoms with Crippen molar-refractivity contribution in [2.75, 3.05) is 13.7 Å². The Balaban J connectivity index is 1.56. The predicted molar refractivity (Wildman–Crippen MR) is 145 cm³/mol. The maximum Gasteiger partial charge on any atom is 0.330 e. The number of hydrogen-bond donors (Lipinski definition) is 4. The fourth-order valence-electron chi connectivity index (χ4n) is 5.05. The van der Waals surface area contributed by atoms with Crippen molar-refractivity contribution in [3.8, 4) is 5.75 Å². The maximum absolute atomic E-state index is 12.4. The highest BCUT2D eigenvalue weighted by molar-refractivity contribution is 5.48. The Bertz CT molecular complexity index is 1480. The van der Waals surface area contributed by atoms with Gasteiger partial charge in [0, 0.05) is 12.3 Å². The number of aromatic nitrogens is 2. The second-order valence-electron chi connectivity index (χ2n) is 9.51. The lowest BCUT2D eigenvalue weighted by atomic mass is 9.80. The van der Waals surface area contributed by atoms with Crippen molar-refractivity contribution in [3.05, 3.63) is 135 Å². The van der Waals surface area contributed by atoms with Crippen molar-refractivity contribution in [3.63, 3.8) is 0 Å². The molecule has 0 saturated carbocycles. The van der Waals surface area contributed by atoms with Crippen molar-refractivity contribution < 1.29 is 29.5 Å². The highest BCUT2D eigenvalue weighted by Gasteiger charge is 2.47. The number of aromatic amines is 1. The van der Waals surface area contributed by atoms with Crippen LogP contribution < -0.4 is 16.0 Å². The van der Waals surface area contributed by atoms with Gasteiger partial charge in [-0.2, -0.15) is 0 Å². The van der Waals surface area contributed by atoms with Gasteiger partial charge in [0.1, 0.15) is 35.8 Å². The molecular weight excluding hydrogens is 522 g/mol. The van der Waals surface area contributed by atoms with E-state index in [1.165, 1.54) is 0 Å². The molecule has 5 rings (SSSR count). The van der Waals surface area contributed by atoms with Crippen LogP contribution in [0.3, 0.4) is 0 Å². The van der Waals surface area contributed by atoms with Crippen molar-refractivity contribution in [2.24, 2.45) is 0 Å². The highest BCUT2D eigenvalue weighted by atomic mass is 16.8. The number of nitrogens with one attached hydrogen (secondary N) is 1. The largest absolute Gasteiger partial charge is 0.497 e. The van der Waals surface area contributed by atoms with Gasteiger partial charge in [0.15, 0.2) is 6.23 Å². The number of nitrogens with zero attached hydrogens (tertiary/aromatic N) is 1. The normalized spacial score (nSPS) is 23.1.